The van der Waals surface area contributed by atoms with E-state index >= 15 is 0 Å². The van der Waals surface area contributed by atoms with Gasteiger partial charge in [0.25, 0.3) is 11.4 Å². The Kier molecular flexibility index (Phi) is 11.1. The van der Waals surface area contributed by atoms with Gasteiger partial charge in [0.15, 0.2) is 11.4 Å². The van der Waals surface area contributed by atoms with Crippen molar-refractivity contribution < 1.29 is 30.3 Å². The lowest BCUT2D eigenvalue weighted by Gasteiger charge is -2.09. The number of nitro groups is 2. The molecule has 0 aliphatic rings. The molecule has 16 nitrogen and oxygen atoms in total. The number of aliphatic imine (C=N–C) groups is 2. The molecule has 0 atom stereocenters. The molecule has 0 saturated heterocycles. The summed E-state index contributed by atoms with van der Waals surface area (Å²) < 4.78 is 0. The zero-order chi connectivity index (χ0) is 42.0. The predicted octanol–water partition coefficient (Wildman–Crippen LogP) is 13.3. The molecule has 0 saturated carbocycles. The molecule has 19 heteroatoms. The number of hydrogen-bond donors (Lipinski definition) is 4. The maximum atomic E-state index is 11.5. The summed E-state index contributed by atoms with van der Waals surface area (Å²) in [5.41, 5.74) is 0.0229. The van der Waals surface area contributed by atoms with E-state index in [0.29, 0.717) is 21.5 Å². The van der Waals surface area contributed by atoms with Crippen LogP contribution in [0.4, 0.5) is 45.5 Å². The third-order valence-electron chi connectivity index (χ3n) is 8.62. The molecule has 292 valence electrons. The van der Waals surface area contributed by atoms with Gasteiger partial charge in [-0.25, -0.2) is 9.98 Å². The Morgan fingerprint density at radius 2 is 0.949 bits per heavy atom. The number of fused-ring (bicyclic) bond motifs is 2. The van der Waals surface area contributed by atoms with Crippen molar-refractivity contribution in [3.8, 4) is 11.5 Å². The van der Waals surface area contributed by atoms with E-state index in [0.717, 1.165) is 12.1 Å². The van der Waals surface area contributed by atoms with Gasteiger partial charge in [-0.1, -0.05) is 59.1 Å². The Morgan fingerprint density at radius 1 is 0.508 bits per heavy atom. The number of rotatable bonds is 10. The number of phenolic OH excluding ortho intramolecular Hbond substituents is 2. The van der Waals surface area contributed by atoms with Gasteiger partial charge < -0.3 is 20.4 Å². The zero-order valence-corrected chi connectivity index (χ0v) is 31.9. The summed E-state index contributed by atoms with van der Waals surface area (Å²) in [6, 6.07) is 27.6. The molecule has 7 aromatic carbocycles. The minimum absolute atomic E-state index is 0.0172. The number of halogens is 3. The van der Waals surface area contributed by atoms with Gasteiger partial charge in [-0.3, -0.25) is 20.2 Å². The second kappa shape index (κ2) is 16.5. The average Bonchev–Trinajstić information content (AvgIpc) is 3.20. The smallest absolute Gasteiger partial charge is 0.298 e. The number of nitro benzene ring substituents is 2. The average molecular weight is 850 g/mol. The van der Waals surface area contributed by atoms with E-state index in [1.807, 2.05) is 0 Å². The van der Waals surface area contributed by atoms with Gasteiger partial charge in [0, 0.05) is 33.0 Å². The second-order valence-corrected chi connectivity index (χ2v) is 13.7. The third-order valence-corrected chi connectivity index (χ3v) is 9.39. The quantitative estimate of drug-likeness (QED) is 0.0338. The number of nitrogens with zero attached hydrogens (tertiary/aromatic N) is 8. The first-order valence-corrected chi connectivity index (χ1v) is 18.0. The number of phenols is 2. The van der Waals surface area contributed by atoms with Crippen molar-refractivity contribution in [2.24, 2.45) is 30.4 Å². The largest absolute Gasteiger partial charge is 0.507 e. The third kappa shape index (κ3) is 8.59. The predicted molar refractivity (Wildman–Crippen MR) is 225 cm³/mol. The first-order valence-electron chi connectivity index (χ1n) is 16.8. The molecule has 0 unspecified atom stereocenters. The normalized spacial score (nSPS) is 12.3. The van der Waals surface area contributed by atoms with E-state index in [-0.39, 0.29) is 83.2 Å². The van der Waals surface area contributed by atoms with Crippen LogP contribution >= 0.6 is 34.8 Å². The molecule has 0 aliphatic heterocycles. The standard InChI is InChI=1S/C40H23Cl3N8O8/c41-22-7-10-33(35(15-22)50(56)57)48-46-30-5-1-3-20-13-27(37(52)18-25(20)30)39(54)44-24-9-12-32(29(43)17-24)45-40(55)28-14-21-4-2-6-31(26(21)19-38(28)53)47-49-34-11-8-23(42)16-36(34)51(58)59/h1-19,52-53H,(H,44,54)(H,45,55). The van der Waals surface area contributed by atoms with E-state index in [9.17, 15) is 40.7 Å². The molecule has 0 fully saturated rings. The maximum Gasteiger partial charge on any atom is 0.298 e. The van der Waals surface area contributed by atoms with Gasteiger partial charge in [0.1, 0.15) is 11.5 Å². The van der Waals surface area contributed by atoms with Gasteiger partial charge in [-0.2, -0.15) is 0 Å². The number of hydrogen-bond acceptors (Lipinski definition) is 12. The first-order chi connectivity index (χ1) is 28.2. The van der Waals surface area contributed by atoms with Crippen LogP contribution in [0.5, 0.6) is 11.5 Å². The highest BCUT2D eigenvalue weighted by Gasteiger charge is 2.18. The molecule has 7 rings (SSSR count). The van der Waals surface area contributed by atoms with Crippen LogP contribution < -0.4 is 0 Å². The fourth-order valence-electron chi connectivity index (χ4n) is 5.81. The van der Waals surface area contributed by atoms with Gasteiger partial charge in [0.2, 0.25) is 11.8 Å². The lowest BCUT2D eigenvalue weighted by molar-refractivity contribution is -0.384. The fraction of sp³-hybridized carbons (Fsp3) is 0. The van der Waals surface area contributed by atoms with Crippen LogP contribution in [-0.4, -0.2) is 42.1 Å². The van der Waals surface area contributed by atoms with Crippen molar-refractivity contribution in [3.63, 3.8) is 0 Å². The lowest BCUT2D eigenvalue weighted by Crippen LogP contribution is -2.00. The SMILES string of the molecule is O=[N+]([O-])c1cc(Cl)ccc1N=Nc1cccc2cc(C(O)=Nc3ccc(N=C(O)c4cc5cccc(N=Nc6ccc(Cl)cc6[N+](=O)[O-])c5cc4O)c(Cl)c3)c(O)cc12. The Hall–Kier alpha value is -7.53. The van der Waals surface area contributed by atoms with E-state index < -0.39 is 21.6 Å². The maximum absolute atomic E-state index is 11.5. The summed E-state index contributed by atoms with van der Waals surface area (Å²) in [5.74, 6) is -1.86. The molecular formula is C40H23Cl3N8O8. The Bertz CT molecular complexity index is 3010. The molecule has 4 N–H and O–H groups in total. The molecule has 0 bridgehead atoms. The van der Waals surface area contributed by atoms with E-state index in [1.165, 1.54) is 66.7 Å². The molecule has 0 heterocycles. The Morgan fingerprint density at radius 3 is 1.41 bits per heavy atom. The van der Waals surface area contributed by atoms with Crippen molar-refractivity contribution >= 4 is 114 Å². The van der Waals surface area contributed by atoms with Crippen LogP contribution in [0.3, 0.4) is 0 Å². The minimum Gasteiger partial charge on any atom is -0.507 e. The van der Waals surface area contributed by atoms with Gasteiger partial charge >= 0.3 is 0 Å². The molecular weight excluding hydrogens is 827 g/mol. The summed E-state index contributed by atoms with van der Waals surface area (Å²) in [7, 11) is 0. The molecule has 59 heavy (non-hydrogen) atoms. The van der Waals surface area contributed by atoms with Crippen molar-refractivity contribution in [2.75, 3.05) is 0 Å². The highest BCUT2D eigenvalue weighted by Crippen LogP contribution is 2.39. The molecule has 0 aliphatic carbocycles. The topological polar surface area (TPSA) is 241 Å². The zero-order valence-electron chi connectivity index (χ0n) is 29.6. The van der Waals surface area contributed by atoms with E-state index in [4.69, 9.17) is 34.8 Å². The number of aliphatic hydroxyl groups is 2. The van der Waals surface area contributed by atoms with Crippen LogP contribution in [0, 0.1) is 20.2 Å². The fourth-order valence-corrected chi connectivity index (χ4v) is 6.36. The molecule has 0 radical (unpaired) electrons. The van der Waals surface area contributed by atoms with Crippen LogP contribution in [0.15, 0.2) is 146 Å². The molecule has 0 spiro atoms. The summed E-state index contributed by atoms with van der Waals surface area (Å²) in [4.78, 5) is 30.0. The summed E-state index contributed by atoms with van der Waals surface area (Å²) >= 11 is 18.3. The van der Waals surface area contributed by atoms with E-state index in [2.05, 4.69) is 30.4 Å². The molecule has 0 amide bonds. The highest BCUT2D eigenvalue weighted by molar-refractivity contribution is 6.33. The first kappa shape index (κ1) is 39.7. The van der Waals surface area contributed by atoms with Crippen molar-refractivity contribution in [3.05, 3.63) is 162 Å². The van der Waals surface area contributed by atoms with Crippen molar-refractivity contribution in [1.82, 2.24) is 0 Å². The van der Waals surface area contributed by atoms with Crippen molar-refractivity contribution in [1.29, 1.82) is 0 Å². The monoisotopic (exact) mass is 848 g/mol. The van der Waals surface area contributed by atoms with Crippen LogP contribution in [0.1, 0.15) is 11.1 Å². The summed E-state index contributed by atoms with van der Waals surface area (Å²) in [5, 5.41) is 85.2. The van der Waals surface area contributed by atoms with Gasteiger partial charge in [-0.05, 0) is 89.6 Å². The minimum atomic E-state index is -0.628. The Labute approximate surface area is 346 Å². The van der Waals surface area contributed by atoms with Gasteiger partial charge in [-0.15, -0.1) is 20.5 Å². The number of azo groups is 2. The Balaban J connectivity index is 1.12. The number of aromatic hydroxyl groups is 2. The number of aliphatic hydroxyl groups excluding tert-OH is 2. The van der Waals surface area contributed by atoms with Crippen molar-refractivity contribution in [2.45, 2.75) is 0 Å². The van der Waals surface area contributed by atoms with Gasteiger partial charge in [0.05, 0.1) is 48.7 Å². The highest BCUT2D eigenvalue weighted by atomic mass is 35.5. The van der Waals surface area contributed by atoms with Crippen LogP contribution in [-0.2, 0) is 0 Å². The van der Waals surface area contributed by atoms with E-state index in [1.54, 1.807) is 36.4 Å². The molecule has 0 aromatic heterocycles. The van der Waals surface area contributed by atoms with Crippen LogP contribution in [0.25, 0.3) is 21.5 Å². The summed E-state index contributed by atoms with van der Waals surface area (Å²) in [6.45, 7) is 0. The van der Waals surface area contributed by atoms with Crippen LogP contribution in [0.2, 0.25) is 15.1 Å². The number of benzene rings is 7. The lowest BCUT2D eigenvalue weighted by atomic mass is 10.0. The summed E-state index contributed by atoms with van der Waals surface area (Å²) in [6.07, 6.45) is 0. The second-order valence-electron chi connectivity index (χ2n) is 12.4. The molecule has 7 aromatic rings.